The Morgan fingerprint density at radius 1 is 1.19 bits per heavy atom. The first-order chi connectivity index (χ1) is 17.7. The zero-order valence-corrected chi connectivity index (χ0v) is 22.9. The van der Waals surface area contributed by atoms with Crippen LogP contribution in [0.25, 0.3) is 12.2 Å². The van der Waals surface area contributed by atoms with Crippen molar-refractivity contribution in [3.63, 3.8) is 0 Å². The minimum atomic E-state index is -0.143. The van der Waals surface area contributed by atoms with Gasteiger partial charge in [0.25, 0.3) is 0 Å². The van der Waals surface area contributed by atoms with Gasteiger partial charge < -0.3 is 10.1 Å². The predicted molar refractivity (Wildman–Crippen MR) is 154 cm³/mol. The number of nitrogens with one attached hydrogen (secondary N) is 1. The van der Waals surface area contributed by atoms with Crippen molar-refractivity contribution in [1.82, 2.24) is 9.80 Å². The van der Waals surface area contributed by atoms with Crippen LogP contribution < -0.4 is 15.8 Å². The number of aliphatic imine (C=N–C) groups is 1. The second kappa shape index (κ2) is 12.2. The number of allylic oxidation sites excluding steroid dienone is 2. The number of hydrogen-bond acceptors (Lipinski definition) is 6. The lowest BCUT2D eigenvalue weighted by atomic mass is 9.94. The van der Waals surface area contributed by atoms with Gasteiger partial charge in [0.1, 0.15) is 11.9 Å². The van der Waals surface area contributed by atoms with Crippen LogP contribution in [0, 0.1) is 5.92 Å². The van der Waals surface area contributed by atoms with Gasteiger partial charge in [-0.25, -0.2) is 0 Å². The number of dihydropyridines is 1. The molecule has 0 aromatic heterocycles. The number of Topliss-reactive ketones (excluding diaryl/α,β-unsaturated/α-hetero) is 1. The Balaban J connectivity index is 1.62. The molecule has 2 fully saturated rings. The van der Waals surface area contributed by atoms with Gasteiger partial charge in [-0.3, -0.25) is 19.6 Å². The molecule has 0 saturated carbocycles. The molecule has 0 spiro atoms. The first-order valence-electron chi connectivity index (χ1n) is 13.4. The van der Waals surface area contributed by atoms with Crippen LogP contribution >= 0.6 is 0 Å². The van der Waals surface area contributed by atoms with Crippen LogP contribution in [0.15, 0.2) is 58.8 Å². The second-order valence-corrected chi connectivity index (χ2v) is 10.8. The van der Waals surface area contributed by atoms with E-state index in [0.29, 0.717) is 0 Å². The Morgan fingerprint density at radius 3 is 2.65 bits per heavy atom. The zero-order valence-electron chi connectivity index (χ0n) is 22.9. The number of ether oxygens (including phenoxy) is 1. The van der Waals surface area contributed by atoms with E-state index >= 15 is 0 Å². The van der Waals surface area contributed by atoms with Gasteiger partial charge in [-0.05, 0) is 74.3 Å². The third kappa shape index (κ3) is 6.75. The number of nitrogens with zero attached hydrogens (tertiary/aromatic N) is 3. The first kappa shape index (κ1) is 27.2. The molecule has 1 N–H and O–H groups in total. The number of likely N-dealkylation sites (tertiary alicyclic amines) is 1. The third-order valence-corrected chi connectivity index (χ3v) is 7.47. The van der Waals surface area contributed by atoms with E-state index in [-0.39, 0.29) is 23.9 Å². The molecule has 1 aromatic carbocycles. The maximum absolute atomic E-state index is 12.4. The van der Waals surface area contributed by atoms with Crippen molar-refractivity contribution < 1.29 is 9.53 Å². The summed E-state index contributed by atoms with van der Waals surface area (Å²) >= 11 is 0. The Labute approximate surface area is 221 Å². The highest BCUT2D eigenvalue weighted by Crippen LogP contribution is 2.32. The summed E-state index contributed by atoms with van der Waals surface area (Å²) in [6.07, 6.45) is 8.26. The number of rotatable bonds is 8. The smallest absolute Gasteiger partial charge is 0.146 e. The highest BCUT2D eigenvalue weighted by molar-refractivity contribution is 5.83. The molecule has 3 heterocycles. The van der Waals surface area contributed by atoms with Gasteiger partial charge >= 0.3 is 0 Å². The molecule has 0 bridgehead atoms. The summed E-state index contributed by atoms with van der Waals surface area (Å²) in [6.45, 7) is 21.9. The number of ketones is 1. The number of carbonyl (C=O) groups excluding carboxylic acids is 1. The van der Waals surface area contributed by atoms with Crippen LogP contribution in [0.5, 0.6) is 0 Å². The maximum atomic E-state index is 12.4. The van der Waals surface area contributed by atoms with Crippen molar-refractivity contribution in [2.75, 3.05) is 44.7 Å². The SMILES string of the molecule is C=C(Nc1ccc(=C)/c(=C(/C)C=C(C)C)c1)C1C=C(CN2CCOCC2)C=NC1N1CCCC1C(C)=O. The quantitative estimate of drug-likeness (QED) is 0.590. The third-order valence-electron chi connectivity index (χ3n) is 7.47. The standard InChI is InChI=1S/C31H42N4O2/c1-21(2)16-23(4)28-18-27(10-9-22(28)3)33-24(5)29-17-26(20-34-12-14-37-15-13-34)19-32-31(29)35-11-7-8-30(35)25(6)36/h9-10,16-19,29-31,33H,3,5,7-8,11-15,20H2,1-2,4,6H3/b28-23-. The Morgan fingerprint density at radius 2 is 1.95 bits per heavy atom. The minimum Gasteiger partial charge on any atom is -0.379 e. The highest BCUT2D eigenvalue weighted by Gasteiger charge is 2.38. The molecule has 198 valence electrons. The van der Waals surface area contributed by atoms with Gasteiger partial charge in [0.2, 0.25) is 0 Å². The van der Waals surface area contributed by atoms with Crippen molar-refractivity contribution in [3.8, 4) is 0 Å². The van der Waals surface area contributed by atoms with Crippen LogP contribution in [-0.4, -0.2) is 73.4 Å². The van der Waals surface area contributed by atoms with E-state index in [1.54, 1.807) is 6.92 Å². The van der Waals surface area contributed by atoms with E-state index in [4.69, 9.17) is 9.73 Å². The topological polar surface area (TPSA) is 57.2 Å². The first-order valence-corrected chi connectivity index (χ1v) is 13.4. The Bertz CT molecular complexity index is 1220. The number of carbonyl (C=O) groups is 1. The van der Waals surface area contributed by atoms with Crippen molar-refractivity contribution >= 4 is 29.8 Å². The van der Waals surface area contributed by atoms with Crippen LogP contribution in [0.4, 0.5) is 5.69 Å². The van der Waals surface area contributed by atoms with Gasteiger partial charge in [-0.2, -0.15) is 0 Å². The number of anilines is 1. The van der Waals surface area contributed by atoms with Gasteiger partial charge in [0, 0.05) is 43.8 Å². The molecule has 2 saturated heterocycles. The molecule has 3 atom stereocenters. The average Bonchev–Trinajstić information content (AvgIpc) is 3.35. The predicted octanol–water partition coefficient (Wildman–Crippen LogP) is 3.50. The van der Waals surface area contributed by atoms with Crippen molar-refractivity contribution in [2.24, 2.45) is 10.9 Å². The van der Waals surface area contributed by atoms with Gasteiger partial charge in [0.15, 0.2) is 0 Å². The van der Waals surface area contributed by atoms with Gasteiger partial charge in [-0.15, -0.1) is 0 Å². The monoisotopic (exact) mass is 502 g/mol. The molecule has 3 aliphatic rings. The van der Waals surface area contributed by atoms with E-state index in [1.807, 2.05) is 6.21 Å². The van der Waals surface area contributed by atoms with Crippen molar-refractivity contribution in [1.29, 1.82) is 0 Å². The largest absolute Gasteiger partial charge is 0.379 e. The lowest BCUT2D eigenvalue weighted by Crippen LogP contribution is -2.47. The average molecular weight is 503 g/mol. The van der Waals surface area contributed by atoms with E-state index < -0.39 is 0 Å². The summed E-state index contributed by atoms with van der Waals surface area (Å²) in [5, 5.41) is 5.71. The summed E-state index contributed by atoms with van der Waals surface area (Å²) < 4.78 is 5.52. The van der Waals surface area contributed by atoms with Crippen LogP contribution in [0.1, 0.15) is 40.5 Å². The highest BCUT2D eigenvalue weighted by atomic mass is 16.5. The fraction of sp³-hybridized carbons (Fsp3) is 0.484. The molecule has 0 radical (unpaired) electrons. The van der Waals surface area contributed by atoms with E-state index in [2.05, 4.69) is 79.4 Å². The molecule has 6 nitrogen and oxygen atoms in total. The molecule has 37 heavy (non-hydrogen) atoms. The van der Waals surface area contributed by atoms with E-state index in [0.717, 1.165) is 74.1 Å². The number of benzene rings is 1. The maximum Gasteiger partial charge on any atom is 0.146 e. The normalized spacial score (nSPS) is 25.4. The molecule has 0 aliphatic carbocycles. The van der Waals surface area contributed by atoms with Gasteiger partial charge in [0.05, 0.1) is 25.2 Å². The Kier molecular flexibility index (Phi) is 8.95. The van der Waals surface area contributed by atoms with Crippen LogP contribution in [0.3, 0.4) is 0 Å². The van der Waals surface area contributed by atoms with Crippen LogP contribution in [-0.2, 0) is 9.53 Å². The molecule has 3 aliphatic heterocycles. The molecule has 6 heteroatoms. The molecule has 4 rings (SSSR count). The fourth-order valence-electron chi connectivity index (χ4n) is 5.65. The summed E-state index contributed by atoms with van der Waals surface area (Å²) in [5.41, 5.74) is 5.50. The molecule has 3 unspecified atom stereocenters. The lowest BCUT2D eigenvalue weighted by molar-refractivity contribution is -0.122. The van der Waals surface area contributed by atoms with Crippen molar-refractivity contribution in [2.45, 2.75) is 52.7 Å². The Hall–Kier alpha value is -2.80. The van der Waals surface area contributed by atoms with Crippen molar-refractivity contribution in [3.05, 3.63) is 64.2 Å². The molecular formula is C31H42N4O2. The number of morpholine rings is 1. The van der Waals surface area contributed by atoms with E-state index in [1.165, 1.54) is 16.7 Å². The zero-order chi connectivity index (χ0) is 26.5. The second-order valence-electron chi connectivity index (χ2n) is 10.8. The summed E-state index contributed by atoms with van der Waals surface area (Å²) in [7, 11) is 0. The minimum absolute atomic E-state index is 0.0493. The lowest BCUT2D eigenvalue weighted by Gasteiger charge is -2.37. The summed E-state index contributed by atoms with van der Waals surface area (Å²) in [4.78, 5) is 22.1. The molecule has 0 amide bonds. The van der Waals surface area contributed by atoms with E-state index in [9.17, 15) is 4.79 Å². The molecule has 1 aromatic rings. The summed E-state index contributed by atoms with van der Waals surface area (Å²) in [6, 6.07) is 6.18. The van der Waals surface area contributed by atoms with Crippen LogP contribution in [0.2, 0.25) is 0 Å². The van der Waals surface area contributed by atoms with Gasteiger partial charge in [-0.1, -0.05) is 36.9 Å². The number of hydrogen-bond donors (Lipinski definition) is 1. The molecular weight excluding hydrogens is 460 g/mol. The fourth-order valence-corrected chi connectivity index (χ4v) is 5.65. The summed E-state index contributed by atoms with van der Waals surface area (Å²) in [5.74, 6) is 0.167.